The molecule has 0 saturated heterocycles. The number of alkyl halides is 1. The monoisotopic (exact) mass is 426 g/mol. The molecule has 3 aliphatic rings. The van der Waals surface area contributed by atoms with Crippen LogP contribution in [0.15, 0.2) is 24.3 Å². The minimum Gasteiger partial charge on any atom is -0.246 e. The maximum Gasteiger partial charge on any atom is 0.115 e. The molecule has 0 radical (unpaired) electrons. The van der Waals surface area contributed by atoms with Crippen LogP contribution in [0.25, 0.3) is 0 Å². The first-order valence-electron chi connectivity index (χ1n) is 13.9. The van der Waals surface area contributed by atoms with Gasteiger partial charge in [0.2, 0.25) is 0 Å². The van der Waals surface area contributed by atoms with Gasteiger partial charge in [-0.1, -0.05) is 82.6 Å². The average Bonchev–Trinajstić information content (AvgIpc) is 2.84. The Morgan fingerprint density at radius 1 is 0.613 bits per heavy atom. The molecule has 0 aromatic heterocycles. The van der Waals surface area contributed by atoms with Gasteiger partial charge in [-0.15, -0.1) is 0 Å². The van der Waals surface area contributed by atoms with Crippen molar-refractivity contribution in [3.05, 3.63) is 35.4 Å². The van der Waals surface area contributed by atoms with Gasteiger partial charge in [0.25, 0.3) is 0 Å². The molecule has 4 rings (SSSR count). The Bertz CT molecular complexity index is 610. The second-order valence-corrected chi connectivity index (χ2v) is 11.5. The summed E-state index contributed by atoms with van der Waals surface area (Å²) < 4.78 is 12.7. The van der Waals surface area contributed by atoms with Gasteiger partial charge in [0.1, 0.15) is 6.67 Å². The zero-order chi connectivity index (χ0) is 21.5. The number of halogens is 1. The number of benzene rings is 1. The zero-order valence-electron chi connectivity index (χ0n) is 20.2. The van der Waals surface area contributed by atoms with Gasteiger partial charge in [0.15, 0.2) is 0 Å². The maximum atomic E-state index is 12.7. The SMILES string of the molecule is CCC[C@H]1CC[C@H]([C@H]2CC[C@H](CCC3CCC(c4ccc(CF)cc4)CC3)CC2)CC1. The van der Waals surface area contributed by atoms with Crippen molar-refractivity contribution in [1.82, 2.24) is 0 Å². The third-order valence-electron chi connectivity index (χ3n) is 9.58. The third kappa shape index (κ3) is 6.58. The first-order chi connectivity index (χ1) is 15.2. The smallest absolute Gasteiger partial charge is 0.115 e. The Morgan fingerprint density at radius 2 is 1.06 bits per heavy atom. The molecule has 0 amide bonds. The highest BCUT2D eigenvalue weighted by molar-refractivity contribution is 5.25. The van der Waals surface area contributed by atoms with Crippen molar-refractivity contribution in [1.29, 1.82) is 0 Å². The predicted molar refractivity (Wildman–Crippen MR) is 131 cm³/mol. The Hall–Kier alpha value is -0.850. The van der Waals surface area contributed by atoms with E-state index >= 15 is 0 Å². The molecule has 0 atom stereocenters. The Kier molecular flexibility index (Phi) is 8.91. The van der Waals surface area contributed by atoms with E-state index in [9.17, 15) is 4.39 Å². The minimum absolute atomic E-state index is 0.338. The van der Waals surface area contributed by atoms with Crippen LogP contribution < -0.4 is 0 Å². The molecule has 0 N–H and O–H groups in total. The van der Waals surface area contributed by atoms with Crippen molar-refractivity contribution in [3.8, 4) is 0 Å². The highest BCUT2D eigenvalue weighted by atomic mass is 19.1. The fourth-order valence-corrected chi connectivity index (χ4v) is 7.44. The summed E-state index contributed by atoms with van der Waals surface area (Å²) in [5, 5.41) is 0. The van der Waals surface area contributed by atoms with Crippen molar-refractivity contribution in [2.24, 2.45) is 29.6 Å². The lowest BCUT2D eigenvalue weighted by atomic mass is 9.68. The molecule has 0 bridgehead atoms. The summed E-state index contributed by atoms with van der Waals surface area (Å²) in [5.41, 5.74) is 2.26. The quantitative estimate of drug-likeness (QED) is 0.388. The standard InChI is InChI=1S/C30H47F/c1-2-3-23-6-14-27(15-7-23)28-16-8-24(9-17-28)4-5-25-10-18-29(19-11-25)30-20-12-26(22-31)13-21-30/h12-13,20-21,23-25,27-29H,2-11,14-19,22H2,1H3/t23-,24-,25?,27-,28-,29?. The van der Waals surface area contributed by atoms with Crippen LogP contribution in [0.4, 0.5) is 4.39 Å². The molecule has 31 heavy (non-hydrogen) atoms. The molecular formula is C30H47F. The first kappa shape index (κ1) is 23.3. The van der Waals surface area contributed by atoms with Crippen LogP contribution in [0.3, 0.4) is 0 Å². The van der Waals surface area contributed by atoms with E-state index in [-0.39, 0.29) is 6.67 Å². The fourth-order valence-electron chi connectivity index (χ4n) is 7.44. The molecule has 0 aliphatic heterocycles. The summed E-state index contributed by atoms with van der Waals surface area (Å²) in [4.78, 5) is 0. The van der Waals surface area contributed by atoms with Gasteiger partial charge in [-0.2, -0.15) is 0 Å². The molecule has 1 heteroatoms. The molecule has 0 nitrogen and oxygen atoms in total. The second-order valence-electron chi connectivity index (χ2n) is 11.5. The van der Waals surface area contributed by atoms with Gasteiger partial charge in [0.05, 0.1) is 0 Å². The van der Waals surface area contributed by atoms with E-state index in [0.29, 0.717) is 5.92 Å². The largest absolute Gasteiger partial charge is 0.246 e. The summed E-state index contributed by atoms with van der Waals surface area (Å²) in [5.74, 6) is 5.91. The lowest BCUT2D eigenvalue weighted by molar-refractivity contribution is 0.137. The lowest BCUT2D eigenvalue weighted by Gasteiger charge is -2.38. The van der Waals surface area contributed by atoms with E-state index in [4.69, 9.17) is 0 Å². The topological polar surface area (TPSA) is 0 Å². The van der Waals surface area contributed by atoms with Crippen molar-refractivity contribution in [3.63, 3.8) is 0 Å². The fraction of sp³-hybridized carbons (Fsp3) is 0.800. The van der Waals surface area contributed by atoms with Crippen molar-refractivity contribution in [2.45, 2.75) is 122 Å². The third-order valence-corrected chi connectivity index (χ3v) is 9.58. The molecule has 1 aromatic rings. The van der Waals surface area contributed by atoms with Crippen LogP contribution in [0.5, 0.6) is 0 Å². The van der Waals surface area contributed by atoms with Gasteiger partial charge in [-0.25, -0.2) is 4.39 Å². The highest BCUT2D eigenvalue weighted by Crippen LogP contribution is 2.44. The van der Waals surface area contributed by atoms with E-state index < -0.39 is 0 Å². The number of hydrogen-bond donors (Lipinski definition) is 0. The van der Waals surface area contributed by atoms with E-state index in [0.717, 1.165) is 35.2 Å². The summed E-state index contributed by atoms with van der Waals surface area (Å²) >= 11 is 0. The van der Waals surface area contributed by atoms with Crippen LogP contribution in [-0.4, -0.2) is 0 Å². The van der Waals surface area contributed by atoms with E-state index in [1.54, 1.807) is 12.8 Å². The number of hydrogen-bond acceptors (Lipinski definition) is 0. The Morgan fingerprint density at radius 3 is 1.52 bits per heavy atom. The van der Waals surface area contributed by atoms with E-state index in [1.807, 2.05) is 12.1 Å². The van der Waals surface area contributed by atoms with Gasteiger partial charge in [-0.05, 0) is 98.0 Å². The van der Waals surface area contributed by atoms with Crippen molar-refractivity contribution < 1.29 is 4.39 Å². The van der Waals surface area contributed by atoms with Gasteiger partial charge in [0, 0.05) is 0 Å². The lowest BCUT2D eigenvalue weighted by Crippen LogP contribution is -2.26. The molecular weight excluding hydrogens is 379 g/mol. The Labute approximate surface area is 191 Å². The Balaban J connectivity index is 1.11. The molecule has 0 unspecified atom stereocenters. The van der Waals surface area contributed by atoms with Crippen LogP contribution >= 0.6 is 0 Å². The van der Waals surface area contributed by atoms with Gasteiger partial charge in [-0.3, -0.25) is 0 Å². The maximum absolute atomic E-state index is 12.7. The van der Waals surface area contributed by atoms with E-state index in [1.165, 1.54) is 95.5 Å². The number of rotatable bonds is 8. The van der Waals surface area contributed by atoms with Crippen molar-refractivity contribution >= 4 is 0 Å². The molecule has 1 aromatic carbocycles. The normalized spacial score (nSPS) is 34.5. The summed E-state index contributed by atoms with van der Waals surface area (Å²) in [6.45, 7) is 2.02. The minimum atomic E-state index is -0.338. The van der Waals surface area contributed by atoms with E-state index in [2.05, 4.69) is 19.1 Å². The first-order valence-corrected chi connectivity index (χ1v) is 13.9. The highest BCUT2D eigenvalue weighted by Gasteiger charge is 2.31. The van der Waals surface area contributed by atoms with Crippen LogP contribution in [0.1, 0.15) is 127 Å². The molecule has 174 valence electrons. The zero-order valence-corrected chi connectivity index (χ0v) is 20.2. The van der Waals surface area contributed by atoms with Gasteiger partial charge >= 0.3 is 0 Å². The summed E-state index contributed by atoms with van der Waals surface area (Å²) in [6.07, 6.45) is 23.6. The molecule has 3 saturated carbocycles. The van der Waals surface area contributed by atoms with Gasteiger partial charge < -0.3 is 0 Å². The molecule has 0 spiro atoms. The molecule has 3 fully saturated rings. The average molecular weight is 427 g/mol. The van der Waals surface area contributed by atoms with Crippen molar-refractivity contribution in [2.75, 3.05) is 0 Å². The summed E-state index contributed by atoms with van der Waals surface area (Å²) in [7, 11) is 0. The molecule has 3 aliphatic carbocycles. The predicted octanol–water partition coefficient (Wildman–Crippen LogP) is 9.62. The summed E-state index contributed by atoms with van der Waals surface area (Å²) in [6, 6.07) is 8.31. The molecule has 0 heterocycles. The van der Waals surface area contributed by atoms with Crippen LogP contribution in [0.2, 0.25) is 0 Å². The van der Waals surface area contributed by atoms with Crippen LogP contribution in [-0.2, 0) is 6.67 Å². The second kappa shape index (κ2) is 11.9. The van der Waals surface area contributed by atoms with Crippen LogP contribution in [0, 0.1) is 29.6 Å².